The van der Waals surface area contributed by atoms with Crippen LogP contribution in [0.1, 0.15) is 24.8 Å². The Hall–Kier alpha value is -3.58. The number of rotatable bonds is 6. The zero-order valence-corrected chi connectivity index (χ0v) is 18.8. The summed E-state index contributed by atoms with van der Waals surface area (Å²) in [5.41, 5.74) is 0.951. The van der Waals surface area contributed by atoms with Crippen LogP contribution in [0.2, 0.25) is 0 Å². The van der Waals surface area contributed by atoms with E-state index in [1.54, 1.807) is 6.07 Å². The van der Waals surface area contributed by atoms with Gasteiger partial charge in [-0.05, 0) is 67.8 Å². The number of carbonyl (C=O) groups excluding carboxylic acids is 1. The fourth-order valence-corrected chi connectivity index (χ4v) is 4.45. The van der Waals surface area contributed by atoms with Gasteiger partial charge in [0.15, 0.2) is 0 Å². The van der Waals surface area contributed by atoms with Crippen molar-refractivity contribution in [3.8, 4) is 17.2 Å². The van der Waals surface area contributed by atoms with Crippen LogP contribution < -0.4 is 19.7 Å². The minimum atomic E-state index is -0.966. The second kappa shape index (κ2) is 9.35. The molecule has 2 aliphatic rings. The first-order chi connectivity index (χ1) is 16.5. The average molecular weight is 463 g/mol. The van der Waals surface area contributed by atoms with E-state index in [4.69, 9.17) is 9.47 Å². The van der Waals surface area contributed by atoms with Crippen molar-refractivity contribution in [2.24, 2.45) is 0 Å². The quantitative estimate of drug-likeness (QED) is 0.545. The number of carbonyl (C=O) groups is 1. The number of anilines is 2. The van der Waals surface area contributed by atoms with Crippen LogP contribution in [0.15, 0.2) is 66.7 Å². The van der Waals surface area contributed by atoms with Gasteiger partial charge >= 0.3 is 0 Å². The van der Waals surface area contributed by atoms with Crippen LogP contribution in [0.5, 0.6) is 17.2 Å². The van der Waals surface area contributed by atoms with Gasteiger partial charge in [-0.15, -0.1) is 0 Å². The van der Waals surface area contributed by atoms with Gasteiger partial charge in [0.2, 0.25) is 5.91 Å². The molecule has 2 aliphatic heterocycles. The van der Waals surface area contributed by atoms with E-state index in [0.717, 1.165) is 17.2 Å². The van der Waals surface area contributed by atoms with Crippen molar-refractivity contribution < 1.29 is 23.8 Å². The molecule has 2 N–H and O–H groups in total. The molecular weight excluding hydrogens is 435 g/mol. The summed E-state index contributed by atoms with van der Waals surface area (Å²) in [5.74, 6) is 1.41. The lowest BCUT2D eigenvalue weighted by Gasteiger charge is -2.39. The lowest BCUT2D eigenvalue weighted by atomic mass is 9.92. The van der Waals surface area contributed by atoms with Crippen molar-refractivity contribution in [2.45, 2.75) is 31.3 Å². The highest BCUT2D eigenvalue weighted by Crippen LogP contribution is 2.35. The van der Waals surface area contributed by atoms with Gasteiger partial charge in [0.25, 0.3) is 0 Å². The highest BCUT2D eigenvalue weighted by Gasteiger charge is 2.34. The second-order valence-corrected chi connectivity index (χ2v) is 8.86. The van der Waals surface area contributed by atoms with E-state index >= 15 is 0 Å². The highest BCUT2D eigenvalue weighted by atomic mass is 19.1. The maximum Gasteiger partial charge on any atom is 0.224 e. The molecule has 7 heteroatoms. The molecule has 0 bridgehead atoms. The van der Waals surface area contributed by atoms with Gasteiger partial charge in [0, 0.05) is 30.8 Å². The number of ether oxygens (including phenoxy) is 2. The van der Waals surface area contributed by atoms with E-state index < -0.39 is 11.4 Å². The predicted octanol–water partition coefficient (Wildman–Crippen LogP) is 4.91. The Kier molecular flexibility index (Phi) is 6.11. The topological polar surface area (TPSA) is 71.0 Å². The molecule has 6 nitrogen and oxygen atoms in total. The molecule has 3 aromatic carbocycles. The first kappa shape index (κ1) is 22.2. The summed E-state index contributed by atoms with van der Waals surface area (Å²) in [6, 6.07) is 20.5. The average Bonchev–Trinajstić information content (AvgIpc) is 2.86. The summed E-state index contributed by atoms with van der Waals surface area (Å²) in [4.78, 5) is 13.9. The number of amides is 1. The molecule has 1 saturated heterocycles. The molecular formula is C27H27FN2O4. The van der Waals surface area contributed by atoms with Gasteiger partial charge in [0.05, 0.1) is 5.69 Å². The van der Waals surface area contributed by atoms with Gasteiger partial charge in [-0.1, -0.05) is 18.2 Å². The van der Waals surface area contributed by atoms with Crippen LogP contribution in [-0.4, -0.2) is 36.3 Å². The number of aliphatic hydroxyl groups is 1. The fourth-order valence-electron chi connectivity index (χ4n) is 4.45. The zero-order valence-electron chi connectivity index (χ0n) is 18.8. The minimum absolute atomic E-state index is 0.122. The number of hydrogen-bond acceptors (Lipinski definition) is 5. The number of para-hydroxylation sites is 1. The van der Waals surface area contributed by atoms with Gasteiger partial charge in [-0.25, -0.2) is 4.39 Å². The first-order valence-corrected chi connectivity index (χ1v) is 11.5. The van der Waals surface area contributed by atoms with Crippen molar-refractivity contribution in [2.75, 3.05) is 29.9 Å². The number of fused-ring (bicyclic) bond motifs is 1. The van der Waals surface area contributed by atoms with Gasteiger partial charge in [-0.3, -0.25) is 4.79 Å². The summed E-state index contributed by atoms with van der Waals surface area (Å²) in [6.45, 7) is 1.50. The van der Waals surface area contributed by atoms with Crippen LogP contribution in [0.4, 0.5) is 15.8 Å². The van der Waals surface area contributed by atoms with Gasteiger partial charge < -0.3 is 24.8 Å². The molecule has 3 aromatic rings. The van der Waals surface area contributed by atoms with Crippen LogP contribution >= 0.6 is 0 Å². The number of benzene rings is 3. The van der Waals surface area contributed by atoms with Crippen molar-refractivity contribution in [1.82, 2.24) is 0 Å². The molecule has 0 saturated carbocycles. The summed E-state index contributed by atoms with van der Waals surface area (Å²) in [7, 11) is 0. The molecule has 0 aliphatic carbocycles. The largest absolute Gasteiger partial charge is 0.490 e. The lowest BCUT2D eigenvalue weighted by molar-refractivity contribution is -0.116. The molecule has 176 valence electrons. The summed E-state index contributed by atoms with van der Waals surface area (Å²) >= 11 is 0. The number of piperidine rings is 1. The Labute approximate surface area is 197 Å². The van der Waals surface area contributed by atoms with Crippen LogP contribution in [0, 0.1) is 5.82 Å². The molecule has 2 heterocycles. The van der Waals surface area contributed by atoms with E-state index in [0.29, 0.717) is 50.1 Å². The molecule has 0 atom stereocenters. The van der Waals surface area contributed by atoms with Crippen molar-refractivity contribution in [3.63, 3.8) is 0 Å². The van der Waals surface area contributed by atoms with Gasteiger partial charge in [0.1, 0.15) is 35.3 Å². The first-order valence-electron chi connectivity index (χ1n) is 11.5. The molecule has 0 aromatic heterocycles. The second-order valence-electron chi connectivity index (χ2n) is 8.86. The number of nitrogens with zero attached hydrogens (tertiary/aromatic N) is 1. The van der Waals surface area contributed by atoms with Crippen molar-refractivity contribution >= 4 is 17.3 Å². The van der Waals surface area contributed by atoms with Crippen LogP contribution in [-0.2, 0) is 11.2 Å². The molecule has 5 rings (SSSR count). The number of halogens is 1. The molecule has 0 radical (unpaired) electrons. The molecule has 0 unspecified atom stereocenters. The maximum atomic E-state index is 14.1. The normalized spacial score (nSPS) is 17.0. The van der Waals surface area contributed by atoms with E-state index in [2.05, 4.69) is 10.2 Å². The maximum absolute atomic E-state index is 14.1. The smallest absolute Gasteiger partial charge is 0.224 e. The monoisotopic (exact) mass is 462 g/mol. The summed E-state index contributed by atoms with van der Waals surface area (Å²) in [6.07, 6.45) is 1.82. The molecule has 1 fully saturated rings. The highest BCUT2D eigenvalue weighted by molar-refractivity contribution is 5.94. The van der Waals surface area contributed by atoms with E-state index in [1.165, 1.54) is 6.07 Å². The zero-order chi connectivity index (χ0) is 23.5. The Balaban J connectivity index is 1.17. The Bertz CT molecular complexity index is 1160. The third-order valence-corrected chi connectivity index (χ3v) is 6.46. The lowest BCUT2D eigenvalue weighted by Crippen LogP contribution is -2.48. The Morgan fingerprint density at radius 3 is 2.38 bits per heavy atom. The third kappa shape index (κ3) is 4.84. The van der Waals surface area contributed by atoms with E-state index in [-0.39, 0.29) is 18.2 Å². The molecule has 1 amide bonds. The van der Waals surface area contributed by atoms with E-state index in [1.807, 2.05) is 54.6 Å². The van der Waals surface area contributed by atoms with Crippen molar-refractivity contribution in [3.05, 3.63) is 78.1 Å². The Morgan fingerprint density at radius 2 is 1.65 bits per heavy atom. The van der Waals surface area contributed by atoms with E-state index in [9.17, 15) is 14.3 Å². The molecule has 34 heavy (non-hydrogen) atoms. The SMILES string of the molecule is O=C1CCc2c(OCC3(O)CCN(c4ccc(Oc5ccccc5)cc4)CC3)ccc(F)c2N1. The molecule has 0 spiro atoms. The fraction of sp³-hybridized carbons (Fsp3) is 0.296. The van der Waals surface area contributed by atoms with Gasteiger partial charge in [-0.2, -0.15) is 0 Å². The minimum Gasteiger partial charge on any atom is -0.490 e. The van der Waals surface area contributed by atoms with Crippen LogP contribution in [0.25, 0.3) is 0 Å². The number of hydrogen-bond donors (Lipinski definition) is 2. The van der Waals surface area contributed by atoms with Crippen LogP contribution in [0.3, 0.4) is 0 Å². The standard InChI is InChI=1S/C27H27FN2O4/c28-23-11-12-24(22-10-13-25(31)29-26(22)23)33-18-27(32)14-16-30(17-15-27)19-6-8-21(9-7-19)34-20-4-2-1-3-5-20/h1-9,11-12,32H,10,13-18H2,(H,29,31). The Morgan fingerprint density at radius 1 is 0.941 bits per heavy atom. The third-order valence-electron chi connectivity index (χ3n) is 6.46. The predicted molar refractivity (Wildman–Crippen MR) is 128 cm³/mol. The number of nitrogens with one attached hydrogen (secondary N) is 1. The summed E-state index contributed by atoms with van der Waals surface area (Å²) < 4.78 is 25.9. The summed E-state index contributed by atoms with van der Waals surface area (Å²) in [5, 5.41) is 13.7. The van der Waals surface area contributed by atoms with Crippen molar-refractivity contribution in [1.29, 1.82) is 0 Å².